The molecule has 4 heteroatoms. The first kappa shape index (κ1) is 12.7. The minimum Gasteiger partial charge on any atom is -0.478 e. The van der Waals surface area contributed by atoms with E-state index in [0.717, 1.165) is 25.7 Å². The van der Waals surface area contributed by atoms with Crippen LogP contribution in [0.15, 0.2) is 11.1 Å². The second-order valence-corrected chi connectivity index (χ2v) is 4.23. The summed E-state index contributed by atoms with van der Waals surface area (Å²) in [5, 5.41) is 18.2. The molecule has 1 aliphatic rings. The quantitative estimate of drug-likeness (QED) is 0.706. The van der Waals surface area contributed by atoms with Crippen molar-refractivity contribution in [1.82, 2.24) is 0 Å². The van der Waals surface area contributed by atoms with Crippen molar-refractivity contribution in [2.75, 3.05) is 0 Å². The molecule has 1 aliphatic carbocycles. The van der Waals surface area contributed by atoms with Crippen LogP contribution < -0.4 is 0 Å². The highest BCUT2D eigenvalue weighted by Gasteiger charge is 2.29. The molecule has 0 atom stereocenters. The first-order valence-corrected chi connectivity index (χ1v) is 5.77. The first-order chi connectivity index (χ1) is 7.57. The molecule has 0 radical (unpaired) electrons. The first-order valence-electron chi connectivity index (χ1n) is 5.77. The molecule has 4 nitrogen and oxygen atoms in total. The summed E-state index contributed by atoms with van der Waals surface area (Å²) in [5.41, 5.74) is 0.244. The standard InChI is InChI=1S/C12H18O4/c1-2-5-9(11(13)14)10(12(15)16)8-6-3-4-7-8/h8H,2-7H2,1H3,(H,13,14)(H,15,16). The summed E-state index contributed by atoms with van der Waals surface area (Å²) in [5.74, 6) is -2.20. The third-order valence-corrected chi connectivity index (χ3v) is 3.08. The average Bonchev–Trinajstić information content (AvgIpc) is 2.69. The van der Waals surface area contributed by atoms with Crippen LogP contribution >= 0.6 is 0 Å². The maximum absolute atomic E-state index is 11.2. The number of rotatable bonds is 5. The lowest BCUT2D eigenvalue weighted by atomic mass is 9.91. The van der Waals surface area contributed by atoms with Crippen molar-refractivity contribution >= 4 is 11.9 Å². The van der Waals surface area contributed by atoms with Gasteiger partial charge in [-0.2, -0.15) is 0 Å². The Kier molecular flexibility index (Phi) is 4.52. The highest BCUT2D eigenvalue weighted by atomic mass is 16.4. The van der Waals surface area contributed by atoms with Crippen molar-refractivity contribution in [2.24, 2.45) is 5.92 Å². The SMILES string of the molecule is CCCC(C(=O)O)=C(C(=O)O)C1CCCC1. The Hall–Kier alpha value is -1.32. The molecule has 0 unspecified atom stereocenters. The van der Waals surface area contributed by atoms with Gasteiger partial charge in [0, 0.05) is 5.57 Å². The molecule has 1 fully saturated rings. The summed E-state index contributed by atoms with van der Waals surface area (Å²) < 4.78 is 0. The van der Waals surface area contributed by atoms with Gasteiger partial charge in [-0.05, 0) is 25.2 Å². The predicted molar refractivity (Wildman–Crippen MR) is 59.2 cm³/mol. The Balaban J connectivity index is 3.07. The van der Waals surface area contributed by atoms with E-state index in [4.69, 9.17) is 10.2 Å². The van der Waals surface area contributed by atoms with Gasteiger partial charge in [0.1, 0.15) is 0 Å². The summed E-state index contributed by atoms with van der Waals surface area (Å²) in [6.45, 7) is 1.86. The van der Waals surface area contributed by atoms with Crippen LogP contribution in [0.5, 0.6) is 0 Å². The highest BCUT2D eigenvalue weighted by Crippen LogP contribution is 2.33. The van der Waals surface area contributed by atoms with E-state index in [9.17, 15) is 9.59 Å². The molecule has 2 N–H and O–H groups in total. The van der Waals surface area contributed by atoms with Crippen molar-refractivity contribution in [3.05, 3.63) is 11.1 Å². The van der Waals surface area contributed by atoms with Gasteiger partial charge >= 0.3 is 11.9 Å². The maximum Gasteiger partial charge on any atom is 0.332 e. The van der Waals surface area contributed by atoms with Crippen LogP contribution in [0.2, 0.25) is 0 Å². The number of aliphatic carboxylic acids is 2. The van der Waals surface area contributed by atoms with Crippen LogP contribution in [0.1, 0.15) is 45.4 Å². The van der Waals surface area contributed by atoms with Crippen LogP contribution in [0.25, 0.3) is 0 Å². The summed E-state index contributed by atoms with van der Waals surface area (Å²) in [6.07, 6.45) is 4.61. The Morgan fingerprint density at radius 3 is 2.06 bits per heavy atom. The van der Waals surface area contributed by atoms with Gasteiger partial charge in [0.25, 0.3) is 0 Å². The van der Waals surface area contributed by atoms with Gasteiger partial charge in [0.2, 0.25) is 0 Å². The van der Waals surface area contributed by atoms with E-state index in [1.807, 2.05) is 6.92 Å². The zero-order chi connectivity index (χ0) is 12.1. The second kappa shape index (κ2) is 5.68. The molecule has 0 aromatic rings. The lowest BCUT2D eigenvalue weighted by Gasteiger charge is -2.14. The van der Waals surface area contributed by atoms with Crippen LogP contribution in [0.3, 0.4) is 0 Å². The van der Waals surface area contributed by atoms with Crippen LogP contribution in [-0.2, 0) is 9.59 Å². The number of carboxylic acids is 2. The number of carboxylic acid groups (broad SMARTS) is 2. The normalized spacial score (nSPS) is 18.3. The molecule has 0 heterocycles. The molecule has 0 aliphatic heterocycles. The van der Waals surface area contributed by atoms with Crippen LogP contribution in [-0.4, -0.2) is 22.2 Å². The molecular formula is C12H18O4. The molecule has 0 aromatic carbocycles. The Labute approximate surface area is 95.0 Å². The third kappa shape index (κ3) is 2.84. The topological polar surface area (TPSA) is 74.6 Å². The second-order valence-electron chi connectivity index (χ2n) is 4.23. The van der Waals surface area contributed by atoms with E-state index in [-0.39, 0.29) is 17.1 Å². The lowest BCUT2D eigenvalue weighted by Crippen LogP contribution is -2.17. The van der Waals surface area contributed by atoms with Crippen molar-refractivity contribution in [2.45, 2.75) is 45.4 Å². The molecule has 0 saturated heterocycles. The van der Waals surface area contributed by atoms with Gasteiger partial charge in [0.15, 0.2) is 0 Å². The monoisotopic (exact) mass is 226 g/mol. The van der Waals surface area contributed by atoms with Gasteiger partial charge in [-0.1, -0.05) is 26.2 Å². The Morgan fingerprint density at radius 2 is 1.69 bits per heavy atom. The van der Waals surface area contributed by atoms with Gasteiger partial charge in [0.05, 0.1) is 5.57 Å². The van der Waals surface area contributed by atoms with Gasteiger partial charge < -0.3 is 10.2 Å². The Morgan fingerprint density at radius 1 is 1.12 bits per heavy atom. The van der Waals surface area contributed by atoms with E-state index in [1.54, 1.807) is 0 Å². The summed E-state index contributed by atoms with van der Waals surface area (Å²) >= 11 is 0. The summed E-state index contributed by atoms with van der Waals surface area (Å²) in [7, 11) is 0. The highest BCUT2D eigenvalue weighted by molar-refractivity contribution is 5.99. The molecule has 0 bridgehead atoms. The number of carbonyl (C=O) groups is 2. The molecule has 0 spiro atoms. The van der Waals surface area contributed by atoms with Gasteiger partial charge in [-0.15, -0.1) is 0 Å². The predicted octanol–water partition coefficient (Wildman–Crippen LogP) is 2.44. The lowest BCUT2D eigenvalue weighted by molar-refractivity contribution is -0.136. The minimum atomic E-state index is -1.08. The van der Waals surface area contributed by atoms with Crippen molar-refractivity contribution in [3.63, 3.8) is 0 Å². The molecule has 1 rings (SSSR count). The van der Waals surface area contributed by atoms with Gasteiger partial charge in [-0.3, -0.25) is 0 Å². The molecule has 90 valence electrons. The van der Waals surface area contributed by atoms with E-state index < -0.39 is 11.9 Å². The summed E-state index contributed by atoms with van der Waals surface area (Å²) in [6, 6.07) is 0. The fourth-order valence-corrected chi connectivity index (χ4v) is 2.37. The van der Waals surface area contributed by atoms with Crippen molar-refractivity contribution < 1.29 is 19.8 Å². The summed E-state index contributed by atoms with van der Waals surface area (Å²) in [4.78, 5) is 22.3. The molecule has 16 heavy (non-hydrogen) atoms. The average molecular weight is 226 g/mol. The third-order valence-electron chi connectivity index (χ3n) is 3.08. The van der Waals surface area contributed by atoms with E-state index in [0.29, 0.717) is 12.8 Å². The smallest absolute Gasteiger partial charge is 0.332 e. The Bertz CT molecular complexity index is 311. The molecule has 1 saturated carbocycles. The zero-order valence-electron chi connectivity index (χ0n) is 9.53. The fraction of sp³-hybridized carbons (Fsp3) is 0.667. The molecule has 0 aromatic heterocycles. The van der Waals surface area contributed by atoms with Crippen LogP contribution in [0, 0.1) is 5.92 Å². The zero-order valence-corrected chi connectivity index (χ0v) is 9.53. The van der Waals surface area contributed by atoms with E-state index >= 15 is 0 Å². The molecular weight excluding hydrogens is 208 g/mol. The molecule has 0 amide bonds. The largest absolute Gasteiger partial charge is 0.478 e. The van der Waals surface area contributed by atoms with Gasteiger partial charge in [-0.25, -0.2) is 9.59 Å². The minimum absolute atomic E-state index is 0.0600. The van der Waals surface area contributed by atoms with E-state index in [1.165, 1.54) is 0 Å². The van der Waals surface area contributed by atoms with Crippen molar-refractivity contribution in [1.29, 1.82) is 0 Å². The maximum atomic E-state index is 11.2. The number of hydrogen-bond donors (Lipinski definition) is 2. The van der Waals surface area contributed by atoms with E-state index in [2.05, 4.69) is 0 Å². The van der Waals surface area contributed by atoms with Crippen LogP contribution in [0.4, 0.5) is 0 Å². The van der Waals surface area contributed by atoms with Crippen molar-refractivity contribution in [3.8, 4) is 0 Å². The fourth-order valence-electron chi connectivity index (χ4n) is 2.37. The number of hydrogen-bond acceptors (Lipinski definition) is 2.